The highest BCUT2D eigenvalue weighted by atomic mass is 79.9. The molecule has 8 heteroatoms. The SMILES string of the molecule is CCN1C(=O)/C(=C\c2cc(Br)ccc2O)SC1=Nc1ccc(C(=O)OC)cc1. The van der Waals surface area contributed by atoms with Crippen LogP contribution in [-0.4, -0.2) is 40.7 Å². The minimum atomic E-state index is -0.418. The van der Waals surface area contributed by atoms with Crippen molar-refractivity contribution in [2.45, 2.75) is 6.92 Å². The minimum absolute atomic E-state index is 0.0935. The summed E-state index contributed by atoms with van der Waals surface area (Å²) in [5.74, 6) is -0.494. The molecular formula is C20H17BrN2O4S. The lowest BCUT2D eigenvalue weighted by molar-refractivity contribution is -0.122. The summed E-state index contributed by atoms with van der Waals surface area (Å²) in [5.41, 5.74) is 1.59. The Morgan fingerprint density at radius 3 is 2.64 bits per heavy atom. The molecule has 144 valence electrons. The number of amidine groups is 1. The number of benzene rings is 2. The zero-order chi connectivity index (χ0) is 20.3. The summed E-state index contributed by atoms with van der Waals surface area (Å²) in [6.07, 6.45) is 1.65. The van der Waals surface area contributed by atoms with Gasteiger partial charge in [0.25, 0.3) is 5.91 Å². The molecule has 1 amide bonds. The molecule has 0 saturated carbocycles. The quantitative estimate of drug-likeness (QED) is 0.533. The molecule has 0 bridgehead atoms. The summed E-state index contributed by atoms with van der Waals surface area (Å²) in [4.78, 5) is 30.8. The lowest BCUT2D eigenvalue weighted by Crippen LogP contribution is -2.28. The third-order valence-electron chi connectivity index (χ3n) is 3.99. The second-order valence-corrected chi connectivity index (χ2v) is 7.72. The highest BCUT2D eigenvalue weighted by Gasteiger charge is 2.32. The van der Waals surface area contributed by atoms with Crippen molar-refractivity contribution in [3.05, 3.63) is 63.0 Å². The zero-order valence-electron chi connectivity index (χ0n) is 15.2. The van der Waals surface area contributed by atoms with Gasteiger partial charge in [-0.1, -0.05) is 15.9 Å². The van der Waals surface area contributed by atoms with Gasteiger partial charge in [0.1, 0.15) is 5.75 Å². The van der Waals surface area contributed by atoms with E-state index in [1.54, 1.807) is 53.4 Å². The molecule has 0 atom stereocenters. The number of carbonyl (C=O) groups is 2. The number of ether oxygens (including phenoxy) is 1. The van der Waals surface area contributed by atoms with E-state index in [4.69, 9.17) is 0 Å². The average molecular weight is 461 g/mol. The molecule has 28 heavy (non-hydrogen) atoms. The number of phenolic OH excluding ortho intramolecular Hbond substituents is 1. The summed E-state index contributed by atoms with van der Waals surface area (Å²) >= 11 is 4.60. The number of phenols is 1. The molecule has 0 spiro atoms. The molecule has 1 fully saturated rings. The first-order valence-corrected chi connectivity index (χ1v) is 10.0. The van der Waals surface area contributed by atoms with Gasteiger partial charge in [0.2, 0.25) is 0 Å². The topological polar surface area (TPSA) is 79.2 Å². The van der Waals surface area contributed by atoms with Gasteiger partial charge in [0.05, 0.1) is 23.3 Å². The van der Waals surface area contributed by atoms with E-state index in [9.17, 15) is 14.7 Å². The van der Waals surface area contributed by atoms with Crippen LogP contribution >= 0.6 is 27.7 Å². The van der Waals surface area contributed by atoms with Crippen molar-refractivity contribution in [2.24, 2.45) is 4.99 Å². The van der Waals surface area contributed by atoms with E-state index in [2.05, 4.69) is 25.7 Å². The van der Waals surface area contributed by atoms with Crippen LogP contribution in [0.4, 0.5) is 5.69 Å². The Labute approximate surface area is 175 Å². The number of carbonyl (C=O) groups excluding carboxylic acids is 2. The number of thioether (sulfide) groups is 1. The highest BCUT2D eigenvalue weighted by molar-refractivity contribution is 9.10. The number of halogens is 1. The molecule has 2 aromatic rings. The smallest absolute Gasteiger partial charge is 0.337 e. The van der Waals surface area contributed by atoms with Gasteiger partial charge in [0, 0.05) is 16.6 Å². The van der Waals surface area contributed by atoms with E-state index in [1.165, 1.54) is 18.9 Å². The average Bonchev–Trinajstić information content (AvgIpc) is 2.98. The molecule has 1 saturated heterocycles. The monoisotopic (exact) mass is 460 g/mol. The predicted molar refractivity (Wildman–Crippen MR) is 114 cm³/mol. The van der Waals surface area contributed by atoms with Crippen LogP contribution in [0.1, 0.15) is 22.8 Å². The maximum absolute atomic E-state index is 12.7. The Balaban J connectivity index is 1.91. The Bertz CT molecular complexity index is 986. The van der Waals surface area contributed by atoms with Crippen molar-refractivity contribution in [1.82, 2.24) is 4.90 Å². The first-order chi connectivity index (χ1) is 13.4. The fourth-order valence-electron chi connectivity index (χ4n) is 2.55. The normalized spacial score (nSPS) is 16.8. The molecule has 1 N–H and O–H groups in total. The fourth-order valence-corrected chi connectivity index (χ4v) is 3.98. The van der Waals surface area contributed by atoms with Crippen LogP contribution in [0.2, 0.25) is 0 Å². The van der Waals surface area contributed by atoms with Crippen LogP contribution in [0.15, 0.2) is 56.8 Å². The van der Waals surface area contributed by atoms with Crippen LogP contribution < -0.4 is 0 Å². The van der Waals surface area contributed by atoms with Crippen LogP contribution in [0.3, 0.4) is 0 Å². The summed E-state index contributed by atoms with van der Waals surface area (Å²) in [5, 5.41) is 10.6. The lowest BCUT2D eigenvalue weighted by Gasteiger charge is -2.12. The molecular weight excluding hydrogens is 444 g/mol. The van der Waals surface area contributed by atoms with E-state index >= 15 is 0 Å². The zero-order valence-corrected chi connectivity index (χ0v) is 17.6. The number of likely N-dealkylation sites (N-methyl/N-ethyl adjacent to an activating group) is 1. The lowest BCUT2D eigenvalue weighted by atomic mass is 10.2. The number of rotatable bonds is 4. The van der Waals surface area contributed by atoms with Crippen molar-refractivity contribution < 1.29 is 19.4 Å². The van der Waals surface area contributed by atoms with Gasteiger partial charge >= 0.3 is 5.97 Å². The van der Waals surface area contributed by atoms with Crippen molar-refractivity contribution in [3.8, 4) is 5.75 Å². The maximum atomic E-state index is 12.7. The minimum Gasteiger partial charge on any atom is -0.507 e. The van der Waals surface area contributed by atoms with Gasteiger partial charge in [0.15, 0.2) is 5.17 Å². The number of nitrogens with zero attached hydrogens (tertiary/aromatic N) is 2. The number of methoxy groups -OCH3 is 1. The third kappa shape index (κ3) is 4.28. The second kappa shape index (κ2) is 8.62. The van der Waals surface area contributed by atoms with Crippen molar-refractivity contribution >= 4 is 56.5 Å². The molecule has 0 aliphatic carbocycles. The van der Waals surface area contributed by atoms with Gasteiger partial charge < -0.3 is 9.84 Å². The predicted octanol–water partition coefficient (Wildman–Crippen LogP) is 4.57. The third-order valence-corrected chi connectivity index (χ3v) is 5.49. The van der Waals surface area contributed by atoms with E-state index in [1.807, 2.05) is 6.92 Å². The molecule has 1 aliphatic rings. The molecule has 6 nitrogen and oxygen atoms in total. The van der Waals surface area contributed by atoms with Gasteiger partial charge in [-0.2, -0.15) is 0 Å². The molecule has 2 aromatic carbocycles. The standard InChI is InChI=1S/C20H17BrN2O4S/c1-3-23-18(25)17(11-13-10-14(21)6-9-16(13)24)28-20(23)22-15-7-4-12(5-8-15)19(26)27-2/h4-11,24H,3H2,1-2H3/b17-11+,22-20?. The van der Waals surface area contributed by atoms with Gasteiger partial charge in [-0.25, -0.2) is 9.79 Å². The van der Waals surface area contributed by atoms with E-state index in [0.717, 1.165) is 4.47 Å². The number of amides is 1. The molecule has 0 radical (unpaired) electrons. The van der Waals surface area contributed by atoms with Gasteiger partial charge in [-0.3, -0.25) is 9.69 Å². The Morgan fingerprint density at radius 2 is 2.00 bits per heavy atom. The second-order valence-electron chi connectivity index (χ2n) is 5.80. The van der Waals surface area contributed by atoms with Crippen molar-refractivity contribution in [1.29, 1.82) is 0 Å². The first-order valence-electron chi connectivity index (χ1n) is 8.40. The number of aromatic hydroxyl groups is 1. The number of aliphatic imine (C=N–C) groups is 1. The van der Waals surface area contributed by atoms with E-state index in [0.29, 0.717) is 33.4 Å². The largest absolute Gasteiger partial charge is 0.507 e. The summed E-state index contributed by atoms with van der Waals surface area (Å²) in [7, 11) is 1.33. The Morgan fingerprint density at radius 1 is 1.29 bits per heavy atom. The highest BCUT2D eigenvalue weighted by Crippen LogP contribution is 2.35. The van der Waals surface area contributed by atoms with Crippen molar-refractivity contribution in [2.75, 3.05) is 13.7 Å². The van der Waals surface area contributed by atoms with E-state index in [-0.39, 0.29) is 11.7 Å². The van der Waals surface area contributed by atoms with Crippen LogP contribution in [-0.2, 0) is 9.53 Å². The first kappa shape index (κ1) is 20.2. The summed E-state index contributed by atoms with van der Waals surface area (Å²) < 4.78 is 5.49. The Hall–Kier alpha value is -2.58. The van der Waals surface area contributed by atoms with Gasteiger partial charge in [-0.15, -0.1) is 0 Å². The number of hydrogen-bond donors (Lipinski definition) is 1. The van der Waals surface area contributed by atoms with Crippen LogP contribution in [0.25, 0.3) is 6.08 Å². The Kier molecular flexibility index (Phi) is 6.21. The van der Waals surface area contributed by atoms with Crippen molar-refractivity contribution in [3.63, 3.8) is 0 Å². The number of hydrogen-bond acceptors (Lipinski definition) is 6. The summed E-state index contributed by atoms with van der Waals surface area (Å²) in [6.45, 7) is 2.33. The number of esters is 1. The van der Waals surface area contributed by atoms with Crippen LogP contribution in [0, 0.1) is 0 Å². The molecule has 3 rings (SSSR count). The molecule has 0 unspecified atom stereocenters. The van der Waals surface area contributed by atoms with Gasteiger partial charge in [-0.05, 0) is 67.2 Å². The molecule has 0 aromatic heterocycles. The van der Waals surface area contributed by atoms with Crippen LogP contribution in [0.5, 0.6) is 5.75 Å². The maximum Gasteiger partial charge on any atom is 0.337 e. The van der Waals surface area contributed by atoms with E-state index < -0.39 is 5.97 Å². The fraction of sp³-hybridized carbons (Fsp3) is 0.150. The summed E-state index contributed by atoms with van der Waals surface area (Å²) in [6, 6.07) is 11.7. The molecule has 1 aliphatic heterocycles. The molecule has 1 heterocycles.